The normalized spacial score (nSPS) is 12.7. The number of carbonyl (C=O) groups excluding carboxylic acids is 1. The van der Waals surface area contributed by atoms with Crippen molar-refractivity contribution in [1.82, 2.24) is 0 Å². The van der Waals surface area contributed by atoms with Crippen molar-refractivity contribution in [3.8, 4) is 0 Å². The van der Waals surface area contributed by atoms with E-state index in [2.05, 4.69) is 62.5 Å². The Hall–Kier alpha value is -1.65. The molecule has 0 heterocycles. The molecule has 1 unspecified atom stereocenters. The standard InChI is InChI=1S/C56H104O4/c1-3-5-7-9-11-13-15-17-19-21-23-25-27-28-29-31-33-35-37-39-41-43-45-47-49-51-56(58)60-55(53-57)54-59-52-50-48-46-44-42-40-38-36-34-32-30-26-24-22-20-18-16-14-12-10-8-6-4-2/h5,7,11,13,17,19,23,25,55,57H,3-4,6,8-10,12,14-16,18,20-22,24,26-54H2,1-2H3/b7-5-,13-11-,19-17-,25-23-. The van der Waals surface area contributed by atoms with Crippen molar-refractivity contribution in [3.63, 3.8) is 0 Å². The summed E-state index contributed by atoms with van der Waals surface area (Å²) in [5, 5.41) is 9.66. The van der Waals surface area contributed by atoms with Crippen molar-refractivity contribution in [1.29, 1.82) is 0 Å². The topological polar surface area (TPSA) is 55.8 Å². The summed E-state index contributed by atoms with van der Waals surface area (Å²) in [5.74, 6) is -0.198. The Morgan fingerprint density at radius 3 is 1.13 bits per heavy atom. The summed E-state index contributed by atoms with van der Waals surface area (Å²) in [7, 11) is 0. The fourth-order valence-electron chi connectivity index (χ4n) is 7.97. The van der Waals surface area contributed by atoms with Crippen LogP contribution in [0.2, 0.25) is 0 Å². The quantitative estimate of drug-likeness (QED) is 0.0377. The first kappa shape index (κ1) is 58.4. The van der Waals surface area contributed by atoms with Crippen molar-refractivity contribution >= 4 is 5.97 Å². The SMILES string of the molecule is CC/C=C\C/C=C\C/C=C\C/C=C\CCCCCCCCCCCCCCC(=O)OC(CO)COCCCCCCCCCCCCCCCCCCCCCCCCC. The summed E-state index contributed by atoms with van der Waals surface area (Å²) in [6.07, 6.45) is 70.7. The zero-order valence-electron chi connectivity index (χ0n) is 40.5. The van der Waals surface area contributed by atoms with Crippen molar-refractivity contribution in [2.45, 2.75) is 283 Å². The molecular formula is C56H104O4. The Labute approximate surface area is 375 Å². The van der Waals surface area contributed by atoms with Crippen LogP contribution in [0.15, 0.2) is 48.6 Å². The highest BCUT2D eigenvalue weighted by molar-refractivity contribution is 5.69. The molecular weight excluding hydrogens is 737 g/mol. The van der Waals surface area contributed by atoms with Gasteiger partial charge in [-0.25, -0.2) is 0 Å². The fourth-order valence-corrected chi connectivity index (χ4v) is 7.97. The van der Waals surface area contributed by atoms with E-state index in [4.69, 9.17) is 9.47 Å². The van der Waals surface area contributed by atoms with Gasteiger partial charge in [0.15, 0.2) is 0 Å². The maximum atomic E-state index is 12.3. The number of unbranched alkanes of at least 4 members (excludes halogenated alkanes) is 34. The van der Waals surface area contributed by atoms with Gasteiger partial charge in [-0.2, -0.15) is 0 Å². The maximum Gasteiger partial charge on any atom is 0.306 e. The lowest BCUT2D eigenvalue weighted by Crippen LogP contribution is -2.27. The third-order valence-corrected chi connectivity index (χ3v) is 11.9. The Kier molecular flexibility index (Phi) is 52.0. The van der Waals surface area contributed by atoms with E-state index in [0.29, 0.717) is 19.6 Å². The number of esters is 1. The fraction of sp³-hybridized carbons (Fsp3) is 0.839. The maximum absolute atomic E-state index is 12.3. The van der Waals surface area contributed by atoms with Crippen LogP contribution in [-0.2, 0) is 14.3 Å². The number of rotatable bonds is 50. The molecule has 0 bridgehead atoms. The molecule has 0 spiro atoms. The monoisotopic (exact) mass is 841 g/mol. The lowest BCUT2D eigenvalue weighted by molar-refractivity contribution is -0.154. The molecule has 0 aliphatic carbocycles. The van der Waals surface area contributed by atoms with E-state index in [-0.39, 0.29) is 12.6 Å². The summed E-state index contributed by atoms with van der Waals surface area (Å²) in [5.41, 5.74) is 0. The van der Waals surface area contributed by atoms with E-state index < -0.39 is 6.10 Å². The van der Waals surface area contributed by atoms with Gasteiger partial charge in [0.25, 0.3) is 0 Å². The summed E-state index contributed by atoms with van der Waals surface area (Å²) >= 11 is 0. The third-order valence-electron chi connectivity index (χ3n) is 11.9. The molecule has 4 heteroatoms. The van der Waals surface area contributed by atoms with E-state index in [1.54, 1.807) is 0 Å². The molecule has 1 N–H and O–H groups in total. The molecule has 60 heavy (non-hydrogen) atoms. The van der Waals surface area contributed by atoms with Gasteiger partial charge < -0.3 is 14.6 Å². The molecule has 0 saturated heterocycles. The summed E-state index contributed by atoms with van der Waals surface area (Å²) in [4.78, 5) is 12.3. The Morgan fingerprint density at radius 2 is 0.750 bits per heavy atom. The van der Waals surface area contributed by atoms with E-state index in [9.17, 15) is 9.90 Å². The van der Waals surface area contributed by atoms with Gasteiger partial charge in [-0.05, 0) is 51.4 Å². The largest absolute Gasteiger partial charge is 0.457 e. The summed E-state index contributed by atoms with van der Waals surface area (Å²) in [6, 6.07) is 0. The molecule has 0 aromatic heterocycles. The number of ether oxygens (including phenoxy) is 2. The van der Waals surface area contributed by atoms with Crippen LogP contribution in [0, 0.1) is 0 Å². The number of aliphatic hydroxyl groups excluding tert-OH is 1. The van der Waals surface area contributed by atoms with Gasteiger partial charge in [-0.3, -0.25) is 4.79 Å². The summed E-state index contributed by atoms with van der Waals surface area (Å²) < 4.78 is 11.2. The second-order valence-electron chi connectivity index (χ2n) is 17.9. The molecule has 0 aromatic carbocycles. The number of hydrogen-bond acceptors (Lipinski definition) is 4. The van der Waals surface area contributed by atoms with Gasteiger partial charge in [0.05, 0.1) is 13.2 Å². The predicted molar refractivity (Wildman–Crippen MR) is 265 cm³/mol. The van der Waals surface area contributed by atoms with Crippen LogP contribution in [0.3, 0.4) is 0 Å². The Morgan fingerprint density at radius 1 is 0.417 bits per heavy atom. The first-order chi connectivity index (χ1) is 29.7. The highest BCUT2D eigenvalue weighted by Crippen LogP contribution is 2.17. The number of hydrogen-bond donors (Lipinski definition) is 1. The van der Waals surface area contributed by atoms with Crippen LogP contribution in [0.1, 0.15) is 277 Å². The minimum atomic E-state index is -0.535. The first-order valence-corrected chi connectivity index (χ1v) is 26.7. The number of allylic oxidation sites excluding steroid dienone is 8. The molecule has 1 atom stereocenters. The molecule has 4 nitrogen and oxygen atoms in total. The molecule has 0 aliphatic rings. The third kappa shape index (κ3) is 50.7. The van der Waals surface area contributed by atoms with E-state index >= 15 is 0 Å². The molecule has 0 amide bonds. The smallest absolute Gasteiger partial charge is 0.306 e. The van der Waals surface area contributed by atoms with Gasteiger partial charge in [0.1, 0.15) is 6.10 Å². The van der Waals surface area contributed by atoms with Crippen molar-refractivity contribution in [2.24, 2.45) is 0 Å². The minimum Gasteiger partial charge on any atom is -0.457 e. The van der Waals surface area contributed by atoms with Gasteiger partial charge in [0.2, 0.25) is 0 Å². The lowest BCUT2D eigenvalue weighted by atomic mass is 10.0. The van der Waals surface area contributed by atoms with E-state index in [1.807, 2.05) is 0 Å². The Balaban J connectivity index is 3.38. The molecule has 0 fully saturated rings. The van der Waals surface area contributed by atoms with Gasteiger partial charge in [-0.1, -0.05) is 268 Å². The van der Waals surface area contributed by atoms with Crippen molar-refractivity contribution < 1.29 is 19.4 Å². The molecule has 0 aliphatic heterocycles. The van der Waals surface area contributed by atoms with Gasteiger partial charge in [0, 0.05) is 13.0 Å². The van der Waals surface area contributed by atoms with Crippen LogP contribution in [0.4, 0.5) is 0 Å². The van der Waals surface area contributed by atoms with Crippen LogP contribution < -0.4 is 0 Å². The second-order valence-corrected chi connectivity index (χ2v) is 17.9. The first-order valence-electron chi connectivity index (χ1n) is 26.7. The van der Waals surface area contributed by atoms with Crippen LogP contribution >= 0.6 is 0 Å². The molecule has 0 rings (SSSR count). The molecule has 0 saturated carbocycles. The van der Waals surface area contributed by atoms with Crippen molar-refractivity contribution in [3.05, 3.63) is 48.6 Å². The van der Waals surface area contributed by atoms with Gasteiger partial charge in [-0.15, -0.1) is 0 Å². The molecule has 352 valence electrons. The van der Waals surface area contributed by atoms with E-state index in [1.165, 1.54) is 212 Å². The molecule has 0 aromatic rings. The highest BCUT2D eigenvalue weighted by Gasteiger charge is 2.13. The second kappa shape index (κ2) is 53.5. The average molecular weight is 841 g/mol. The zero-order chi connectivity index (χ0) is 43.3. The van der Waals surface area contributed by atoms with Crippen LogP contribution in [0.5, 0.6) is 0 Å². The van der Waals surface area contributed by atoms with E-state index in [0.717, 1.165) is 44.9 Å². The highest BCUT2D eigenvalue weighted by atomic mass is 16.6. The van der Waals surface area contributed by atoms with Crippen LogP contribution in [0.25, 0.3) is 0 Å². The average Bonchev–Trinajstić information content (AvgIpc) is 3.25. The zero-order valence-corrected chi connectivity index (χ0v) is 40.5. The minimum absolute atomic E-state index is 0.169. The lowest BCUT2D eigenvalue weighted by Gasteiger charge is -2.16. The number of aliphatic hydroxyl groups is 1. The Bertz CT molecular complexity index is 936. The van der Waals surface area contributed by atoms with Gasteiger partial charge >= 0.3 is 5.97 Å². The van der Waals surface area contributed by atoms with Crippen molar-refractivity contribution in [2.75, 3.05) is 19.8 Å². The number of carbonyl (C=O) groups is 1. The van der Waals surface area contributed by atoms with Crippen LogP contribution in [-0.4, -0.2) is 37.0 Å². The molecule has 0 radical (unpaired) electrons. The summed E-state index contributed by atoms with van der Waals surface area (Å²) in [6.45, 7) is 5.28. The predicted octanol–water partition coefficient (Wildman–Crippen LogP) is 18.2.